The summed E-state index contributed by atoms with van der Waals surface area (Å²) in [6.07, 6.45) is -8.20. The van der Waals surface area contributed by atoms with Crippen LogP contribution in [0.5, 0.6) is 5.75 Å². The molecule has 0 radical (unpaired) electrons. The number of nitrogens with zero attached hydrogens (tertiary/aromatic N) is 1. The SMILES string of the molecule is O=c1ccn(C2OC(COP3(=S)OCc4ccccc4O3)(C(F)F)C(O)C2O)c(=O)[nH]1. The lowest BCUT2D eigenvalue weighted by Crippen LogP contribution is -2.52. The summed E-state index contributed by atoms with van der Waals surface area (Å²) >= 11 is 5.23. The Kier molecular flexibility index (Phi) is 5.85. The summed E-state index contributed by atoms with van der Waals surface area (Å²) in [5.41, 5.74) is -3.80. The van der Waals surface area contributed by atoms with E-state index in [4.69, 9.17) is 30.1 Å². The molecule has 1 aromatic carbocycles. The molecule has 1 aromatic heterocycles. The van der Waals surface area contributed by atoms with Crippen LogP contribution >= 0.6 is 6.72 Å². The Bertz CT molecular complexity index is 1140. The number of ether oxygens (including phenoxy) is 1. The number of nitrogens with one attached hydrogen (secondary N) is 1. The Morgan fingerprint density at radius 3 is 2.77 bits per heavy atom. The highest BCUT2D eigenvalue weighted by Gasteiger charge is 2.61. The van der Waals surface area contributed by atoms with Crippen molar-refractivity contribution < 1.29 is 37.3 Å². The smallest absolute Gasteiger partial charge is 0.381 e. The quantitative estimate of drug-likeness (QED) is 0.530. The number of H-pyrrole nitrogens is 1. The lowest BCUT2D eigenvalue weighted by atomic mass is 9.96. The van der Waals surface area contributed by atoms with Gasteiger partial charge in [0, 0.05) is 29.6 Å². The van der Waals surface area contributed by atoms with Crippen LogP contribution in [0, 0.1) is 0 Å². The summed E-state index contributed by atoms with van der Waals surface area (Å²) in [6, 6.07) is 7.75. The van der Waals surface area contributed by atoms with E-state index < -0.39 is 55.0 Å². The third-order valence-electron chi connectivity index (χ3n) is 4.96. The van der Waals surface area contributed by atoms with E-state index in [0.717, 1.165) is 12.3 Å². The van der Waals surface area contributed by atoms with Gasteiger partial charge in [0.2, 0.25) is 0 Å². The van der Waals surface area contributed by atoms with Gasteiger partial charge in [-0.05, 0) is 6.07 Å². The van der Waals surface area contributed by atoms with Crippen LogP contribution in [0.1, 0.15) is 11.8 Å². The number of aromatic nitrogens is 2. The zero-order chi connectivity index (χ0) is 22.4. The number of rotatable bonds is 5. The fourth-order valence-electron chi connectivity index (χ4n) is 3.27. The maximum atomic E-state index is 14.1. The Morgan fingerprint density at radius 1 is 1.32 bits per heavy atom. The van der Waals surface area contributed by atoms with Crippen molar-refractivity contribution in [3.05, 3.63) is 62.9 Å². The number of hydrogen-bond acceptors (Lipinski definition) is 9. The van der Waals surface area contributed by atoms with Crippen LogP contribution in [0.2, 0.25) is 0 Å². The van der Waals surface area contributed by atoms with E-state index in [1.54, 1.807) is 24.3 Å². The number of aliphatic hydroxyl groups is 2. The van der Waals surface area contributed by atoms with Crippen molar-refractivity contribution in [2.45, 2.75) is 37.1 Å². The average molecular weight is 478 g/mol. The van der Waals surface area contributed by atoms with Crippen LogP contribution in [0.25, 0.3) is 0 Å². The Morgan fingerprint density at radius 2 is 2.06 bits per heavy atom. The second kappa shape index (κ2) is 8.17. The maximum Gasteiger partial charge on any atom is 0.381 e. The first-order chi connectivity index (χ1) is 14.7. The van der Waals surface area contributed by atoms with Gasteiger partial charge in [-0.25, -0.2) is 13.6 Å². The molecule has 5 atom stereocenters. The molecule has 5 unspecified atom stereocenters. The molecule has 10 nitrogen and oxygen atoms in total. The van der Waals surface area contributed by atoms with Gasteiger partial charge in [-0.15, -0.1) is 0 Å². The van der Waals surface area contributed by atoms with Crippen LogP contribution in [0.15, 0.2) is 46.1 Å². The zero-order valence-corrected chi connectivity index (χ0v) is 17.3. The molecular formula is C17H17F2N2O8PS. The highest BCUT2D eigenvalue weighted by atomic mass is 32.5. The second-order valence-corrected chi connectivity index (χ2v) is 9.85. The van der Waals surface area contributed by atoms with E-state index in [1.807, 2.05) is 4.98 Å². The summed E-state index contributed by atoms with van der Waals surface area (Å²) in [5.74, 6) is 0.383. The summed E-state index contributed by atoms with van der Waals surface area (Å²) in [7, 11) is 0. The highest BCUT2D eigenvalue weighted by molar-refractivity contribution is 8.07. The van der Waals surface area contributed by atoms with Crippen LogP contribution in [0.4, 0.5) is 8.78 Å². The minimum Gasteiger partial charge on any atom is -0.424 e. The number of halogens is 2. The van der Waals surface area contributed by atoms with Gasteiger partial charge in [0.15, 0.2) is 11.8 Å². The molecule has 0 spiro atoms. The minimum atomic E-state index is -3.52. The van der Waals surface area contributed by atoms with Gasteiger partial charge in [0.05, 0.1) is 13.2 Å². The van der Waals surface area contributed by atoms with Crippen molar-refractivity contribution in [3.63, 3.8) is 0 Å². The zero-order valence-electron chi connectivity index (χ0n) is 15.6. The molecule has 0 amide bonds. The first kappa shape index (κ1) is 22.2. The highest BCUT2D eigenvalue weighted by Crippen LogP contribution is 2.56. The number of fused-ring (bicyclic) bond motifs is 1. The summed E-state index contributed by atoms with van der Waals surface area (Å²) in [5, 5.41) is 20.7. The molecule has 3 heterocycles. The van der Waals surface area contributed by atoms with Crippen molar-refractivity contribution in [3.8, 4) is 5.75 Å². The number of aliphatic hydroxyl groups excluding tert-OH is 2. The Labute approximate surface area is 178 Å². The predicted molar refractivity (Wildman–Crippen MR) is 104 cm³/mol. The second-order valence-electron chi connectivity index (χ2n) is 6.91. The van der Waals surface area contributed by atoms with Gasteiger partial charge in [-0.2, -0.15) is 0 Å². The minimum absolute atomic E-state index is 0.0383. The van der Waals surface area contributed by atoms with Crippen molar-refractivity contribution in [1.82, 2.24) is 9.55 Å². The van der Waals surface area contributed by atoms with E-state index in [9.17, 15) is 28.6 Å². The third kappa shape index (κ3) is 3.98. The molecule has 168 valence electrons. The maximum absolute atomic E-state index is 14.1. The fraction of sp³-hybridized carbons (Fsp3) is 0.412. The molecule has 1 fully saturated rings. The monoisotopic (exact) mass is 478 g/mol. The lowest BCUT2D eigenvalue weighted by molar-refractivity contribution is -0.193. The molecule has 1 saturated heterocycles. The fourth-order valence-corrected chi connectivity index (χ4v) is 5.09. The molecule has 2 aliphatic heterocycles. The van der Waals surface area contributed by atoms with Crippen LogP contribution < -0.4 is 15.8 Å². The molecule has 14 heteroatoms. The predicted octanol–water partition coefficient (Wildman–Crippen LogP) is 0.641. The van der Waals surface area contributed by atoms with Gasteiger partial charge in [-0.3, -0.25) is 23.4 Å². The molecule has 3 N–H and O–H groups in total. The standard InChI is InChI=1S/C17H17F2N2O8PS/c18-15(19)17(8-27-30(31)26-7-9-3-1-2-4-10(9)29-30)13(24)12(23)14(28-17)21-6-5-11(22)20-16(21)25/h1-6,12-15,23-24H,7-8H2,(H,20,22,25). The number of para-hydroxylation sites is 1. The summed E-state index contributed by atoms with van der Waals surface area (Å²) in [4.78, 5) is 25.2. The number of alkyl halides is 2. The number of aromatic amines is 1. The average Bonchev–Trinajstić information content (AvgIpc) is 2.98. The molecule has 31 heavy (non-hydrogen) atoms. The molecule has 0 saturated carbocycles. The van der Waals surface area contributed by atoms with Gasteiger partial charge in [0.25, 0.3) is 12.0 Å². The van der Waals surface area contributed by atoms with Gasteiger partial charge in [0.1, 0.15) is 18.0 Å². The van der Waals surface area contributed by atoms with Crippen molar-refractivity contribution in [2.75, 3.05) is 6.61 Å². The molecular weight excluding hydrogens is 461 g/mol. The molecule has 2 aromatic rings. The van der Waals surface area contributed by atoms with Gasteiger partial charge < -0.3 is 19.5 Å². The van der Waals surface area contributed by atoms with Crippen molar-refractivity contribution >= 4 is 18.5 Å². The van der Waals surface area contributed by atoms with Gasteiger partial charge >= 0.3 is 12.4 Å². The summed E-state index contributed by atoms with van der Waals surface area (Å²) in [6.45, 7) is -4.47. The van der Waals surface area contributed by atoms with E-state index in [2.05, 4.69) is 0 Å². The van der Waals surface area contributed by atoms with Crippen molar-refractivity contribution in [2.24, 2.45) is 0 Å². The normalized spacial score (nSPS) is 32.6. The largest absolute Gasteiger partial charge is 0.424 e. The van der Waals surface area contributed by atoms with E-state index >= 15 is 0 Å². The van der Waals surface area contributed by atoms with Crippen molar-refractivity contribution in [1.29, 1.82) is 0 Å². The number of hydrogen-bond donors (Lipinski definition) is 3. The van der Waals surface area contributed by atoms with E-state index in [1.165, 1.54) is 0 Å². The molecule has 4 rings (SSSR count). The molecule has 2 aliphatic rings. The molecule has 0 bridgehead atoms. The Balaban J connectivity index is 1.58. The van der Waals surface area contributed by atoms with E-state index in [0.29, 0.717) is 15.9 Å². The third-order valence-corrected chi connectivity index (χ3v) is 7.13. The van der Waals surface area contributed by atoms with Crippen LogP contribution in [0.3, 0.4) is 0 Å². The first-order valence-corrected chi connectivity index (χ1v) is 11.5. The lowest BCUT2D eigenvalue weighted by Gasteiger charge is -2.34. The Hall–Kier alpha value is -1.99. The molecule has 0 aliphatic carbocycles. The van der Waals surface area contributed by atoms with Gasteiger partial charge in [-0.1, -0.05) is 18.2 Å². The van der Waals surface area contributed by atoms with Crippen LogP contribution in [-0.2, 0) is 32.2 Å². The van der Waals surface area contributed by atoms with Crippen LogP contribution in [-0.4, -0.2) is 50.6 Å². The topological polar surface area (TPSA) is 132 Å². The number of benzene rings is 1. The first-order valence-electron chi connectivity index (χ1n) is 8.95. The van der Waals surface area contributed by atoms with E-state index in [-0.39, 0.29) is 6.61 Å². The summed E-state index contributed by atoms with van der Waals surface area (Å²) < 4.78 is 50.5.